The quantitative estimate of drug-likeness (QED) is 0.763. The number of piperazine rings is 1. The molecule has 1 aromatic heterocycles. The van der Waals surface area contributed by atoms with E-state index in [1.54, 1.807) is 6.20 Å². The maximum atomic E-state index is 12.3. The molecule has 0 radical (unpaired) electrons. The van der Waals surface area contributed by atoms with Crippen LogP contribution in [0.15, 0.2) is 24.5 Å². The van der Waals surface area contributed by atoms with Crippen molar-refractivity contribution in [1.82, 2.24) is 25.8 Å². The first-order valence-corrected chi connectivity index (χ1v) is 9.17. The molecule has 1 aliphatic carbocycles. The van der Waals surface area contributed by atoms with Crippen LogP contribution in [0.4, 0.5) is 4.79 Å². The van der Waals surface area contributed by atoms with Gasteiger partial charge in [-0.2, -0.15) is 0 Å². The van der Waals surface area contributed by atoms with E-state index in [0.29, 0.717) is 0 Å². The SMILES string of the molecule is O=C(CN1CCNCC1c1cccnc1)NC(=O)NC1CCCCC1. The summed E-state index contributed by atoms with van der Waals surface area (Å²) < 4.78 is 0. The molecule has 2 aliphatic rings. The Labute approximate surface area is 148 Å². The van der Waals surface area contributed by atoms with Crippen molar-refractivity contribution in [2.24, 2.45) is 0 Å². The molecule has 25 heavy (non-hydrogen) atoms. The van der Waals surface area contributed by atoms with Gasteiger partial charge in [-0.1, -0.05) is 25.3 Å². The number of aromatic nitrogens is 1. The topological polar surface area (TPSA) is 86.4 Å². The third kappa shape index (κ3) is 5.24. The fourth-order valence-electron chi connectivity index (χ4n) is 3.66. The Hall–Kier alpha value is -1.99. The smallest absolute Gasteiger partial charge is 0.321 e. The van der Waals surface area contributed by atoms with Gasteiger partial charge in [-0.05, 0) is 24.5 Å². The minimum Gasteiger partial charge on any atom is -0.335 e. The van der Waals surface area contributed by atoms with Crippen molar-refractivity contribution in [2.45, 2.75) is 44.2 Å². The van der Waals surface area contributed by atoms with Crippen molar-refractivity contribution >= 4 is 11.9 Å². The van der Waals surface area contributed by atoms with Gasteiger partial charge in [0.05, 0.1) is 6.54 Å². The lowest BCUT2D eigenvalue weighted by Crippen LogP contribution is -2.52. The highest BCUT2D eigenvalue weighted by Gasteiger charge is 2.26. The highest BCUT2D eigenvalue weighted by molar-refractivity contribution is 5.95. The Balaban J connectivity index is 1.51. The second-order valence-electron chi connectivity index (χ2n) is 6.83. The first-order valence-electron chi connectivity index (χ1n) is 9.17. The maximum absolute atomic E-state index is 12.3. The summed E-state index contributed by atoms with van der Waals surface area (Å²) in [6.45, 7) is 2.57. The standard InChI is InChI=1S/C18H27N5O2/c24-17(22-18(25)21-15-6-2-1-3-7-15)13-23-10-9-20-12-16(23)14-5-4-8-19-11-14/h4-5,8,11,15-16,20H,1-3,6-7,9-10,12-13H2,(H2,21,22,24,25). The summed E-state index contributed by atoms with van der Waals surface area (Å²) in [5.41, 5.74) is 1.08. The molecule has 1 atom stereocenters. The second-order valence-corrected chi connectivity index (χ2v) is 6.83. The predicted molar refractivity (Wildman–Crippen MR) is 95.0 cm³/mol. The number of hydrogen-bond acceptors (Lipinski definition) is 5. The number of nitrogens with zero attached hydrogens (tertiary/aromatic N) is 2. The lowest BCUT2D eigenvalue weighted by Gasteiger charge is -2.35. The molecule has 0 bridgehead atoms. The summed E-state index contributed by atoms with van der Waals surface area (Å²) in [6, 6.07) is 3.84. The highest BCUT2D eigenvalue weighted by Crippen LogP contribution is 2.21. The van der Waals surface area contributed by atoms with Crippen LogP contribution in [-0.2, 0) is 4.79 Å². The van der Waals surface area contributed by atoms with Crippen LogP contribution in [0.2, 0.25) is 0 Å². The van der Waals surface area contributed by atoms with Crippen molar-refractivity contribution in [3.05, 3.63) is 30.1 Å². The van der Waals surface area contributed by atoms with Gasteiger partial charge >= 0.3 is 6.03 Å². The summed E-state index contributed by atoms with van der Waals surface area (Å²) in [4.78, 5) is 30.6. The number of carbonyl (C=O) groups excluding carboxylic acids is 2. The molecule has 1 aromatic rings. The molecule has 136 valence electrons. The molecule has 7 nitrogen and oxygen atoms in total. The summed E-state index contributed by atoms with van der Waals surface area (Å²) in [7, 11) is 0. The molecular formula is C18H27N5O2. The fourth-order valence-corrected chi connectivity index (χ4v) is 3.66. The van der Waals surface area contributed by atoms with Crippen LogP contribution in [-0.4, -0.2) is 54.0 Å². The molecular weight excluding hydrogens is 318 g/mol. The Morgan fingerprint density at radius 3 is 2.88 bits per heavy atom. The molecule has 0 aromatic carbocycles. The van der Waals surface area contributed by atoms with Crippen molar-refractivity contribution < 1.29 is 9.59 Å². The van der Waals surface area contributed by atoms with Crippen molar-refractivity contribution in [3.8, 4) is 0 Å². The minimum atomic E-state index is -0.370. The summed E-state index contributed by atoms with van der Waals surface area (Å²) in [6.07, 6.45) is 9.10. The predicted octanol–water partition coefficient (Wildman–Crippen LogP) is 1.19. The van der Waals surface area contributed by atoms with E-state index in [9.17, 15) is 9.59 Å². The third-order valence-corrected chi connectivity index (χ3v) is 4.96. The Morgan fingerprint density at radius 1 is 1.28 bits per heavy atom. The van der Waals surface area contributed by atoms with Crippen LogP contribution in [0.5, 0.6) is 0 Å². The van der Waals surface area contributed by atoms with Gasteiger partial charge in [-0.25, -0.2) is 4.79 Å². The first-order chi connectivity index (χ1) is 12.2. The number of urea groups is 1. The number of hydrogen-bond donors (Lipinski definition) is 3. The van der Waals surface area contributed by atoms with Crippen molar-refractivity contribution in [1.29, 1.82) is 0 Å². The molecule has 1 aliphatic heterocycles. The van der Waals surface area contributed by atoms with Gasteiger partial charge in [-0.15, -0.1) is 0 Å². The highest BCUT2D eigenvalue weighted by atomic mass is 16.2. The van der Waals surface area contributed by atoms with E-state index in [4.69, 9.17) is 0 Å². The summed E-state index contributed by atoms with van der Waals surface area (Å²) in [5.74, 6) is -0.260. The largest absolute Gasteiger partial charge is 0.335 e. The fraction of sp³-hybridized carbons (Fsp3) is 0.611. The number of pyridine rings is 1. The van der Waals surface area contributed by atoms with Crippen molar-refractivity contribution in [3.63, 3.8) is 0 Å². The average Bonchev–Trinajstić information content (AvgIpc) is 2.63. The maximum Gasteiger partial charge on any atom is 0.321 e. The van der Waals surface area contributed by atoms with Gasteiger partial charge in [0.2, 0.25) is 5.91 Å². The molecule has 2 fully saturated rings. The number of rotatable bonds is 4. The molecule has 3 amide bonds. The zero-order valence-corrected chi connectivity index (χ0v) is 14.5. The lowest BCUT2D eigenvalue weighted by molar-refractivity contribution is -0.122. The van der Waals surface area contributed by atoms with Gasteiger partial charge in [0.15, 0.2) is 0 Å². The van der Waals surface area contributed by atoms with Crippen LogP contribution in [0.25, 0.3) is 0 Å². The molecule has 1 saturated carbocycles. The average molecular weight is 345 g/mol. The summed E-state index contributed by atoms with van der Waals surface area (Å²) >= 11 is 0. The van der Waals surface area contributed by atoms with E-state index in [-0.39, 0.29) is 30.6 Å². The van der Waals surface area contributed by atoms with E-state index in [1.165, 1.54) is 6.42 Å². The molecule has 3 rings (SSSR count). The first kappa shape index (κ1) is 17.8. The van der Waals surface area contributed by atoms with E-state index in [2.05, 4.69) is 25.8 Å². The van der Waals surface area contributed by atoms with E-state index in [0.717, 1.165) is 50.9 Å². The van der Waals surface area contributed by atoms with Crippen LogP contribution in [0.3, 0.4) is 0 Å². The Kier molecular flexibility index (Phi) is 6.36. The van der Waals surface area contributed by atoms with Gasteiger partial charge in [0, 0.05) is 44.1 Å². The number of carbonyl (C=O) groups is 2. The van der Waals surface area contributed by atoms with Gasteiger partial charge in [-0.3, -0.25) is 20.0 Å². The Morgan fingerprint density at radius 2 is 2.12 bits per heavy atom. The molecule has 3 N–H and O–H groups in total. The van der Waals surface area contributed by atoms with Crippen LogP contribution < -0.4 is 16.0 Å². The summed E-state index contributed by atoms with van der Waals surface area (Å²) in [5, 5.41) is 8.75. The molecule has 0 spiro atoms. The lowest BCUT2D eigenvalue weighted by atomic mass is 9.96. The molecule has 2 heterocycles. The molecule has 1 unspecified atom stereocenters. The Bertz CT molecular complexity index is 574. The minimum absolute atomic E-state index is 0.0922. The zero-order valence-electron chi connectivity index (χ0n) is 14.5. The molecule has 1 saturated heterocycles. The third-order valence-electron chi connectivity index (χ3n) is 4.96. The van der Waals surface area contributed by atoms with Gasteiger partial charge in [0.25, 0.3) is 0 Å². The van der Waals surface area contributed by atoms with Crippen LogP contribution >= 0.6 is 0 Å². The molecule has 7 heteroatoms. The van der Waals surface area contributed by atoms with E-state index in [1.807, 2.05) is 18.3 Å². The second kappa shape index (κ2) is 8.92. The normalized spacial score (nSPS) is 22.3. The monoisotopic (exact) mass is 345 g/mol. The zero-order chi connectivity index (χ0) is 17.5. The van der Waals surface area contributed by atoms with Gasteiger partial charge < -0.3 is 10.6 Å². The van der Waals surface area contributed by atoms with Crippen molar-refractivity contribution in [2.75, 3.05) is 26.2 Å². The number of imide groups is 1. The van der Waals surface area contributed by atoms with E-state index < -0.39 is 0 Å². The van der Waals surface area contributed by atoms with E-state index >= 15 is 0 Å². The number of nitrogens with one attached hydrogen (secondary N) is 3. The van der Waals surface area contributed by atoms with Crippen LogP contribution in [0, 0.1) is 0 Å². The van der Waals surface area contributed by atoms with Gasteiger partial charge in [0.1, 0.15) is 0 Å². The van der Waals surface area contributed by atoms with Crippen LogP contribution in [0.1, 0.15) is 43.7 Å². The number of amides is 3.